The van der Waals surface area contributed by atoms with Gasteiger partial charge in [0.15, 0.2) is 0 Å². The average Bonchev–Trinajstić information content (AvgIpc) is 2.65. The number of benzene rings is 1. The van der Waals surface area contributed by atoms with E-state index < -0.39 is 17.9 Å². The summed E-state index contributed by atoms with van der Waals surface area (Å²) < 4.78 is 0. The Bertz CT molecular complexity index is 690. The van der Waals surface area contributed by atoms with Crippen molar-refractivity contribution in [2.45, 2.75) is 57.5 Å². The summed E-state index contributed by atoms with van der Waals surface area (Å²) in [5.41, 5.74) is 6.38. The molecule has 0 heterocycles. The maximum Gasteiger partial charge on any atom is 0.240 e. The molecule has 7 heteroatoms. The molecule has 7 nitrogen and oxygen atoms in total. The Labute approximate surface area is 159 Å². The molecule has 0 spiro atoms. The molecule has 0 aliphatic heterocycles. The van der Waals surface area contributed by atoms with E-state index in [1.54, 1.807) is 0 Å². The van der Waals surface area contributed by atoms with Crippen molar-refractivity contribution in [1.82, 2.24) is 10.6 Å². The lowest BCUT2D eigenvalue weighted by molar-refractivity contribution is -0.131. The zero-order chi connectivity index (χ0) is 19.8. The number of nitrogens with two attached hydrogens (primary N) is 1. The smallest absolute Gasteiger partial charge is 0.240 e. The van der Waals surface area contributed by atoms with Crippen LogP contribution < -0.4 is 16.4 Å². The molecule has 0 aromatic heterocycles. The molecule has 4 N–H and O–H groups in total. The number of primary amides is 1. The minimum Gasteiger partial charge on any atom is -0.368 e. The summed E-state index contributed by atoms with van der Waals surface area (Å²) in [4.78, 5) is 47.5. The summed E-state index contributed by atoms with van der Waals surface area (Å²) >= 11 is 0. The fraction of sp³-hybridized carbons (Fsp3) is 0.500. The van der Waals surface area contributed by atoms with Crippen LogP contribution >= 0.6 is 0 Å². The maximum atomic E-state index is 12.2. The molecule has 1 aliphatic rings. The molecule has 3 amide bonds. The topological polar surface area (TPSA) is 118 Å². The third kappa shape index (κ3) is 6.51. The van der Waals surface area contributed by atoms with E-state index in [0.29, 0.717) is 19.3 Å². The van der Waals surface area contributed by atoms with E-state index in [-0.39, 0.29) is 42.9 Å². The number of nitrogens with one attached hydrogen (secondary N) is 2. The van der Waals surface area contributed by atoms with E-state index in [2.05, 4.69) is 10.6 Å². The van der Waals surface area contributed by atoms with Gasteiger partial charge in [-0.1, -0.05) is 30.3 Å². The van der Waals surface area contributed by atoms with Gasteiger partial charge in [-0.3, -0.25) is 19.2 Å². The Morgan fingerprint density at radius 2 is 1.74 bits per heavy atom. The second-order valence-electron chi connectivity index (χ2n) is 7.04. The van der Waals surface area contributed by atoms with Crippen LogP contribution in [-0.4, -0.2) is 29.5 Å². The third-order valence-electron chi connectivity index (χ3n) is 4.87. The Kier molecular flexibility index (Phi) is 7.52. The summed E-state index contributed by atoms with van der Waals surface area (Å²) in [6, 6.07) is 8.50. The lowest BCUT2D eigenvalue weighted by Crippen LogP contribution is -2.50. The van der Waals surface area contributed by atoms with Gasteiger partial charge in [0.2, 0.25) is 17.7 Å². The fourth-order valence-electron chi connectivity index (χ4n) is 3.38. The van der Waals surface area contributed by atoms with Gasteiger partial charge in [0.05, 0.1) is 6.04 Å². The van der Waals surface area contributed by atoms with Crippen molar-refractivity contribution in [2.75, 3.05) is 0 Å². The monoisotopic (exact) mass is 373 g/mol. The van der Waals surface area contributed by atoms with Crippen molar-refractivity contribution in [3.63, 3.8) is 0 Å². The summed E-state index contributed by atoms with van der Waals surface area (Å²) in [6.07, 6.45) is 2.10. The van der Waals surface area contributed by atoms with E-state index in [9.17, 15) is 19.2 Å². The van der Waals surface area contributed by atoms with E-state index in [0.717, 1.165) is 5.56 Å². The Morgan fingerprint density at radius 1 is 1.11 bits per heavy atom. The van der Waals surface area contributed by atoms with Gasteiger partial charge in [-0.2, -0.15) is 0 Å². The van der Waals surface area contributed by atoms with E-state index in [4.69, 9.17) is 5.73 Å². The van der Waals surface area contributed by atoms with Crippen LogP contribution in [0.3, 0.4) is 0 Å². The van der Waals surface area contributed by atoms with Crippen molar-refractivity contribution in [3.8, 4) is 0 Å². The molecule has 1 saturated carbocycles. The number of carbonyl (C=O) groups excluding carboxylic acids is 4. The number of hydrogen-bond acceptors (Lipinski definition) is 4. The van der Waals surface area contributed by atoms with Gasteiger partial charge in [0.1, 0.15) is 11.8 Å². The van der Waals surface area contributed by atoms with Crippen molar-refractivity contribution in [1.29, 1.82) is 0 Å². The van der Waals surface area contributed by atoms with Crippen molar-refractivity contribution in [3.05, 3.63) is 35.9 Å². The molecular formula is C20H27N3O4. The van der Waals surface area contributed by atoms with Gasteiger partial charge >= 0.3 is 0 Å². The summed E-state index contributed by atoms with van der Waals surface area (Å²) in [5.74, 6) is -1.49. The highest BCUT2D eigenvalue weighted by molar-refractivity contribution is 5.89. The van der Waals surface area contributed by atoms with Gasteiger partial charge in [-0.15, -0.1) is 0 Å². The molecule has 1 aromatic carbocycles. The first-order valence-corrected chi connectivity index (χ1v) is 9.31. The summed E-state index contributed by atoms with van der Waals surface area (Å²) in [5, 5.41) is 5.44. The van der Waals surface area contributed by atoms with Crippen LogP contribution in [0.2, 0.25) is 0 Å². The molecule has 0 unspecified atom stereocenters. The molecular weight excluding hydrogens is 346 g/mol. The van der Waals surface area contributed by atoms with E-state index in [1.165, 1.54) is 0 Å². The standard InChI is InChI=1S/C20H27N3O4/c1-13(14-6-3-2-4-7-14)22-17(25)10-11-18(26)23-19(20(21)27)15-8-5-9-16(24)12-15/h2-4,6-7,13,15,19H,5,8-12H2,1H3,(H2,21,27)(H,22,25)(H,23,26)/t13-,15+,19-/m1/s1. The largest absolute Gasteiger partial charge is 0.368 e. The Hall–Kier alpha value is -2.70. The second kappa shape index (κ2) is 9.85. The van der Waals surface area contributed by atoms with E-state index >= 15 is 0 Å². The fourth-order valence-corrected chi connectivity index (χ4v) is 3.38. The molecule has 2 rings (SSSR count). The van der Waals surface area contributed by atoms with Gasteiger partial charge in [0.25, 0.3) is 0 Å². The molecule has 0 bridgehead atoms. The first-order chi connectivity index (χ1) is 12.9. The minimum atomic E-state index is -0.868. The van der Waals surface area contributed by atoms with Crippen LogP contribution in [0.15, 0.2) is 30.3 Å². The molecule has 27 heavy (non-hydrogen) atoms. The van der Waals surface area contributed by atoms with Gasteiger partial charge in [-0.05, 0) is 31.2 Å². The molecule has 0 radical (unpaired) electrons. The molecule has 1 aliphatic carbocycles. The van der Waals surface area contributed by atoms with E-state index in [1.807, 2.05) is 37.3 Å². The van der Waals surface area contributed by atoms with Crippen molar-refractivity contribution < 1.29 is 19.2 Å². The SMILES string of the molecule is C[C@@H](NC(=O)CCC(=O)N[C@@H](C(N)=O)[C@H]1CCCC(=O)C1)c1ccccc1. The molecule has 146 valence electrons. The number of Topliss-reactive ketones (excluding diaryl/α,β-unsaturated/α-hetero) is 1. The average molecular weight is 373 g/mol. The quantitative estimate of drug-likeness (QED) is 0.638. The predicted molar refractivity (Wildman–Crippen MR) is 100 cm³/mol. The molecule has 3 atom stereocenters. The third-order valence-corrected chi connectivity index (χ3v) is 4.87. The molecule has 1 aromatic rings. The number of carbonyl (C=O) groups is 4. The van der Waals surface area contributed by atoms with Crippen LogP contribution in [0, 0.1) is 5.92 Å². The Balaban J connectivity index is 1.80. The van der Waals surface area contributed by atoms with Gasteiger partial charge in [-0.25, -0.2) is 0 Å². The zero-order valence-corrected chi connectivity index (χ0v) is 15.6. The first-order valence-electron chi connectivity index (χ1n) is 9.31. The minimum absolute atomic E-state index is 0.0120. The summed E-state index contributed by atoms with van der Waals surface area (Å²) in [7, 11) is 0. The number of amides is 3. The summed E-state index contributed by atoms with van der Waals surface area (Å²) in [6.45, 7) is 1.87. The van der Waals surface area contributed by atoms with Crippen LogP contribution in [0.5, 0.6) is 0 Å². The van der Waals surface area contributed by atoms with Crippen LogP contribution in [-0.2, 0) is 19.2 Å². The number of rotatable bonds is 8. The Morgan fingerprint density at radius 3 is 2.33 bits per heavy atom. The number of ketones is 1. The normalized spacial score (nSPS) is 19.0. The van der Waals surface area contributed by atoms with Gasteiger partial charge in [0, 0.05) is 25.7 Å². The second-order valence-corrected chi connectivity index (χ2v) is 7.04. The van der Waals surface area contributed by atoms with Crippen LogP contribution in [0.25, 0.3) is 0 Å². The van der Waals surface area contributed by atoms with Crippen LogP contribution in [0.4, 0.5) is 0 Å². The predicted octanol–water partition coefficient (Wildman–Crippen LogP) is 1.37. The highest BCUT2D eigenvalue weighted by Gasteiger charge is 2.32. The van der Waals surface area contributed by atoms with Crippen LogP contribution in [0.1, 0.15) is 57.1 Å². The van der Waals surface area contributed by atoms with Gasteiger partial charge < -0.3 is 16.4 Å². The molecule has 1 fully saturated rings. The number of hydrogen-bond donors (Lipinski definition) is 3. The highest BCUT2D eigenvalue weighted by Crippen LogP contribution is 2.24. The zero-order valence-electron chi connectivity index (χ0n) is 15.6. The highest BCUT2D eigenvalue weighted by atomic mass is 16.2. The lowest BCUT2D eigenvalue weighted by atomic mass is 9.83. The maximum absolute atomic E-state index is 12.2. The van der Waals surface area contributed by atoms with Crippen molar-refractivity contribution in [2.24, 2.45) is 11.7 Å². The first kappa shape index (κ1) is 20.6. The van der Waals surface area contributed by atoms with Crippen molar-refractivity contribution >= 4 is 23.5 Å². The lowest BCUT2D eigenvalue weighted by Gasteiger charge is -2.28. The molecule has 0 saturated heterocycles.